The first-order chi connectivity index (χ1) is 16.6. The molecule has 9 nitrogen and oxygen atoms in total. The summed E-state index contributed by atoms with van der Waals surface area (Å²) in [6.07, 6.45) is 2.26. The fourth-order valence-corrected chi connectivity index (χ4v) is 3.11. The zero-order valence-corrected chi connectivity index (χ0v) is 18.6. The van der Waals surface area contributed by atoms with Crippen LogP contribution in [0.4, 0.5) is 0 Å². The van der Waals surface area contributed by atoms with Crippen LogP contribution in [-0.2, 0) is 6.54 Å². The van der Waals surface area contributed by atoms with Crippen LogP contribution in [0.15, 0.2) is 77.9 Å². The molecule has 0 aliphatic carbocycles. The first-order valence-electron chi connectivity index (χ1n) is 10.8. The van der Waals surface area contributed by atoms with Crippen LogP contribution in [-0.4, -0.2) is 44.0 Å². The predicted molar refractivity (Wildman–Crippen MR) is 128 cm³/mol. The number of hydrogen-bond acceptors (Lipinski definition) is 7. The van der Waals surface area contributed by atoms with Crippen molar-refractivity contribution in [2.24, 2.45) is 5.10 Å². The maximum absolute atomic E-state index is 12.4. The number of amides is 1. The lowest BCUT2D eigenvalue weighted by molar-refractivity contribution is 0.0955. The number of aromatic hydroxyl groups is 1. The number of hydrazone groups is 1. The molecule has 2 N–H and O–H groups in total. The van der Waals surface area contributed by atoms with Crippen LogP contribution in [0.5, 0.6) is 11.5 Å². The second kappa shape index (κ2) is 10.9. The number of benzene rings is 3. The molecular formula is C25H24N6O3. The Labute approximate surface area is 196 Å². The van der Waals surface area contributed by atoms with E-state index in [1.807, 2.05) is 49.4 Å². The van der Waals surface area contributed by atoms with Crippen molar-refractivity contribution in [3.05, 3.63) is 89.5 Å². The van der Waals surface area contributed by atoms with Gasteiger partial charge in [-0.05, 0) is 41.5 Å². The second-order valence-corrected chi connectivity index (χ2v) is 7.47. The Kier molecular flexibility index (Phi) is 7.24. The lowest BCUT2D eigenvalue weighted by Gasteiger charge is -2.06. The lowest BCUT2D eigenvalue weighted by Crippen LogP contribution is -2.17. The van der Waals surface area contributed by atoms with Gasteiger partial charge in [0.25, 0.3) is 5.91 Å². The van der Waals surface area contributed by atoms with E-state index < -0.39 is 0 Å². The Bertz CT molecular complexity index is 1270. The van der Waals surface area contributed by atoms with E-state index in [-0.39, 0.29) is 11.7 Å². The molecule has 1 amide bonds. The molecule has 1 heterocycles. The molecule has 1 aromatic heterocycles. The summed E-state index contributed by atoms with van der Waals surface area (Å²) >= 11 is 0. The third kappa shape index (κ3) is 5.83. The van der Waals surface area contributed by atoms with Gasteiger partial charge in [-0.25, -0.2) is 5.43 Å². The fourth-order valence-electron chi connectivity index (χ4n) is 3.11. The normalized spacial score (nSPS) is 11.0. The Morgan fingerprint density at radius 3 is 2.65 bits per heavy atom. The molecule has 4 aromatic rings. The number of rotatable bonds is 9. The molecular weight excluding hydrogens is 432 g/mol. The number of tetrazole rings is 1. The summed E-state index contributed by atoms with van der Waals surface area (Å²) in [6, 6.07) is 21.6. The number of nitrogens with zero attached hydrogens (tertiary/aromatic N) is 5. The Hall–Kier alpha value is -4.53. The van der Waals surface area contributed by atoms with Crippen LogP contribution >= 0.6 is 0 Å². The number of nitrogens with one attached hydrogen (secondary N) is 1. The van der Waals surface area contributed by atoms with Gasteiger partial charge >= 0.3 is 0 Å². The zero-order chi connectivity index (χ0) is 23.8. The standard InChI is InChI=1S/C25H24N6O3/c1-2-14-34-22-13-12-21(23(32)15-22)16-26-28-25(33)20-10-8-18(9-11-20)17-31-29-24(27-30-31)19-6-4-3-5-7-19/h3-13,15-16,32H,2,14,17H2,1H3,(H,28,33)/b26-16+. The molecule has 0 unspecified atom stereocenters. The second-order valence-electron chi connectivity index (χ2n) is 7.47. The number of phenols is 1. The van der Waals surface area contributed by atoms with E-state index in [1.165, 1.54) is 17.1 Å². The highest BCUT2D eigenvalue weighted by Crippen LogP contribution is 2.22. The van der Waals surface area contributed by atoms with Crippen LogP contribution in [0.2, 0.25) is 0 Å². The third-order valence-electron chi connectivity index (χ3n) is 4.87. The molecule has 0 saturated carbocycles. The minimum absolute atomic E-state index is 0.0214. The molecule has 9 heteroatoms. The van der Waals surface area contributed by atoms with E-state index in [2.05, 4.69) is 25.9 Å². The number of carbonyl (C=O) groups is 1. The summed E-state index contributed by atoms with van der Waals surface area (Å²) in [6.45, 7) is 3.01. The smallest absolute Gasteiger partial charge is 0.271 e. The summed E-state index contributed by atoms with van der Waals surface area (Å²) in [5.74, 6) is 0.796. The van der Waals surface area contributed by atoms with Gasteiger partial charge in [0.2, 0.25) is 5.82 Å². The maximum atomic E-state index is 12.4. The Morgan fingerprint density at radius 2 is 1.91 bits per heavy atom. The molecule has 0 atom stereocenters. The van der Waals surface area contributed by atoms with E-state index in [0.29, 0.717) is 35.9 Å². The number of carbonyl (C=O) groups excluding carboxylic acids is 1. The van der Waals surface area contributed by atoms with Crippen molar-refractivity contribution < 1.29 is 14.6 Å². The van der Waals surface area contributed by atoms with E-state index in [1.54, 1.807) is 24.3 Å². The van der Waals surface area contributed by atoms with Crippen molar-refractivity contribution in [2.75, 3.05) is 6.61 Å². The van der Waals surface area contributed by atoms with Gasteiger partial charge in [0.15, 0.2) is 0 Å². The van der Waals surface area contributed by atoms with Crippen LogP contribution < -0.4 is 10.2 Å². The number of hydrogen-bond donors (Lipinski definition) is 2. The van der Waals surface area contributed by atoms with E-state index in [9.17, 15) is 9.90 Å². The molecule has 0 saturated heterocycles. The lowest BCUT2D eigenvalue weighted by atomic mass is 10.1. The average molecular weight is 457 g/mol. The third-order valence-corrected chi connectivity index (χ3v) is 4.87. The van der Waals surface area contributed by atoms with Crippen molar-refractivity contribution >= 4 is 12.1 Å². The van der Waals surface area contributed by atoms with Gasteiger partial charge in [0.1, 0.15) is 11.5 Å². The highest BCUT2D eigenvalue weighted by Gasteiger charge is 2.08. The summed E-state index contributed by atoms with van der Waals surface area (Å²) in [4.78, 5) is 13.9. The first-order valence-corrected chi connectivity index (χ1v) is 10.8. The first kappa shape index (κ1) is 22.7. The molecule has 0 fully saturated rings. The van der Waals surface area contributed by atoms with Gasteiger partial charge < -0.3 is 9.84 Å². The number of phenolic OH excluding ortho intramolecular Hbond substituents is 1. The van der Waals surface area contributed by atoms with E-state index >= 15 is 0 Å². The monoisotopic (exact) mass is 456 g/mol. The van der Waals surface area contributed by atoms with Gasteiger partial charge in [-0.3, -0.25) is 4.79 Å². The zero-order valence-electron chi connectivity index (χ0n) is 18.6. The topological polar surface area (TPSA) is 115 Å². The van der Waals surface area contributed by atoms with Gasteiger partial charge in [0, 0.05) is 22.8 Å². The minimum atomic E-state index is -0.365. The number of aromatic nitrogens is 4. The van der Waals surface area contributed by atoms with Crippen molar-refractivity contribution in [2.45, 2.75) is 19.9 Å². The van der Waals surface area contributed by atoms with Crippen molar-refractivity contribution in [3.8, 4) is 22.9 Å². The van der Waals surface area contributed by atoms with E-state index in [4.69, 9.17) is 4.74 Å². The molecule has 0 aliphatic heterocycles. The Balaban J connectivity index is 1.32. The quantitative estimate of drug-likeness (QED) is 0.294. The molecule has 0 aliphatic rings. The molecule has 4 rings (SSSR count). The maximum Gasteiger partial charge on any atom is 0.271 e. The highest BCUT2D eigenvalue weighted by molar-refractivity contribution is 5.95. The summed E-state index contributed by atoms with van der Waals surface area (Å²) in [5, 5.41) is 26.6. The van der Waals surface area contributed by atoms with Crippen molar-refractivity contribution in [3.63, 3.8) is 0 Å². The highest BCUT2D eigenvalue weighted by atomic mass is 16.5. The number of ether oxygens (including phenoxy) is 1. The fraction of sp³-hybridized carbons (Fsp3) is 0.160. The van der Waals surface area contributed by atoms with Gasteiger partial charge in [-0.15, -0.1) is 10.2 Å². The molecule has 0 radical (unpaired) electrons. The van der Waals surface area contributed by atoms with Gasteiger partial charge in [0.05, 0.1) is 19.4 Å². The van der Waals surface area contributed by atoms with E-state index in [0.717, 1.165) is 17.5 Å². The Morgan fingerprint density at radius 1 is 1.12 bits per heavy atom. The van der Waals surface area contributed by atoms with Crippen molar-refractivity contribution in [1.82, 2.24) is 25.6 Å². The summed E-state index contributed by atoms with van der Waals surface area (Å²) in [5.41, 5.74) is 5.20. The van der Waals surface area contributed by atoms with Gasteiger partial charge in [-0.2, -0.15) is 9.90 Å². The van der Waals surface area contributed by atoms with Crippen LogP contribution in [0.25, 0.3) is 11.4 Å². The molecule has 172 valence electrons. The van der Waals surface area contributed by atoms with Crippen molar-refractivity contribution in [1.29, 1.82) is 0 Å². The molecule has 0 bridgehead atoms. The average Bonchev–Trinajstić information content (AvgIpc) is 3.33. The largest absolute Gasteiger partial charge is 0.507 e. The van der Waals surface area contributed by atoms with Crippen LogP contribution in [0.1, 0.15) is 34.8 Å². The summed E-state index contributed by atoms with van der Waals surface area (Å²) < 4.78 is 5.47. The predicted octanol–water partition coefficient (Wildman–Crippen LogP) is 3.65. The molecule has 34 heavy (non-hydrogen) atoms. The van der Waals surface area contributed by atoms with Crippen LogP contribution in [0, 0.1) is 0 Å². The van der Waals surface area contributed by atoms with Crippen LogP contribution in [0.3, 0.4) is 0 Å². The molecule has 3 aromatic carbocycles. The minimum Gasteiger partial charge on any atom is -0.507 e. The SMILES string of the molecule is CCCOc1ccc(/C=N/NC(=O)c2ccc(Cn3nnc(-c4ccccc4)n3)cc2)c(O)c1. The summed E-state index contributed by atoms with van der Waals surface area (Å²) in [7, 11) is 0. The molecule has 0 spiro atoms. The van der Waals surface area contributed by atoms with Gasteiger partial charge in [-0.1, -0.05) is 49.4 Å².